The maximum Gasteiger partial charge on any atom is 0.407 e. The van der Waals surface area contributed by atoms with E-state index in [-0.39, 0.29) is 18.0 Å². The van der Waals surface area contributed by atoms with Gasteiger partial charge in [-0.1, -0.05) is 0 Å². The van der Waals surface area contributed by atoms with Gasteiger partial charge in [-0.3, -0.25) is 14.7 Å². The summed E-state index contributed by atoms with van der Waals surface area (Å²) in [4.78, 5) is 32.8. The molecule has 3 rings (SSSR count). The van der Waals surface area contributed by atoms with E-state index in [0.717, 1.165) is 11.5 Å². The van der Waals surface area contributed by atoms with Crippen LogP contribution in [0.3, 0.4) is 0 Å². The number of hydrogen-bond acceptors (Lipinski definition) is 7. The summed E-state index contributed by atoms with van der Waals surface area (Å²) in [5.74, 6) is 0.708. The van der Waals surface area contributed by atoms with Crippen LogP contribution in [-0.2, 0) is 14.3 Å². The second kappa shape index (κ2) is 9.18. The van der Waals surface area contributed by atoms with Crippen molar-refractivity contribution in [3.05, 3.63) is 24.1 Å². The summed E-state index contributed by atoms with van der Waals surface area (Å²) in [6.07, 6.45) is 5.02. The molecule has 0 spiro atoms. The van der Waals surface area contributed by atoms with Gasteiger partial charge in [0.2, 0.25) is 5.91 Å². The number of carbonyl (C=O) groups is 2. The Hall–Kier alpha value is -2.39. The average Bonchev–Trinajstić information content (AvgIpc) is 2.67. The van der Waals surface area contributed by atoms with Crippen LogP contribution in [0.1, 0.15) is 33.6 Å². The van der Waals surface area contributed by atoms with Crippen molar-refractivity contribution in [1.29, 1.82) is 0 Å². The number of aliphatic hydroxyl groups excluding tert-OH is 1. The van der Waals surface area contributed by atoms with Gasteiger partial charge in [0, 0.05) is 38.7 Å². The number of fused-ring (bicyclic) bond motifs is 1. The molecule has 2 amide bonds. The van der Waals surface area contributed by atoms with Crippen LogP contribution in [0.5, 0.6) is 0 Å². The molecule has 30 heavy (non-hydrogen) atoms. The fourth-order valence-electron chi connectivity index (χ4n) is 3.89. The second-order valence-electron chi connectivity index (χ2n) is 8.85. The van der Waals surface area contributed by atoms with Crippen LogP contribution in [-0.4, -0.2) is 89.7 Å². The fraction of sp³-hybridized carbons (Fsp3) is 0.667. The number of hydrogen-bond donors (Lipinski definition) is 2. The normalized spacial score (nSPS) is 27.2. The Balaban J connectivity index is 1.51. The number of likely N-dealkylation sites (tertiary alicyclic amines) is 1. The van der Waals surface area contributed by atoms with Gasteiger partial charge in [-0.2, -0.15) is 0 Å². The summed E-state index contributed by atoms with van der Waals surface area (Å²) in [6, 6.07) is -0.471. The molecule has 3 aliphatic heterocycles. The predicted octanol–water partition coefficient (Wildman–Crippen LogP) is 1.05. The van der Waals surface area contributed by atoms with Crippen LogP contribution in [0.4, 0.5) is 4.79 Å². The zero-order valence-corrected chi connectivity index (χ0v) is 18.1. The second-order valence-corrected chi connectivity index (χ2v) is 8.85. The average molecular weight is 421 g/mol. The zero-order valence-electron chi connectivity index (χ0n) is 18.1. The number of amides is 2. The molecule has 1 fully saturated rings. The van der Waals surface area contributed by atoms with E-state index in [9.17, 15) is 14.7 Å². The minimum absolute atomic E-state index is 0.0432. The lowest BCUT2D eigenvalue weighted by atomic mass is 9.98. The zero-order chi connectivity index (χ0) is 21.9. The third-order valence-corrected chi connectivity index (χ3v) is 5.44. The van der Waals surface area contributed by atoms with Crippen LogP contribution >= 0.6 is 0 Å². The molecule has 3 aliphatic rings. The molecular formula is C21H32N4O5. The number of rotatable bonds is 5. The van der Waals surface area contributed by atoms with Crippen LogP contribution in [0, 0.1) is 0 Å². The Morgan fingerprint density at radius 2 is 2.10 bits per heavy atom. The largest absolute Gasteiger partial charge is 0.499 e. The lowest BCUT2D eigenvalue weighted by Gasteiger charge is -2.39. The van der Waals surface area contributed by atoms with Gasteiger partial charge < -0.3 is 24.8 Å². The SMILES string of the molecule is COC1=CN=C2C=CC(=O)N(CCN3CC[C@@H](NC(=O)OC(C)(C)C)[C@@H](O)C3)C2C1. The molecule has 9 heteroatoms. The fourth-order valence-corrected chi connectivity index (χ4v) is 3.89. The Kier molecular flexibility index (Phi) is 6.82. The predicted molar refractivity (Wildman–Crippen MR) is 112 cm³/mol. The quantitative estimate of drug-likeness (QED) is 0.689. The van der Waals surface area contributed by atoms with Crippen molar-refractivity contribution in [1.82, 2.24) is 15.1 Å². The number of aliphatic hydroxyl groups is 1. The number of methoxy groups -OCH3 is 1. The molecule has 0 bridgehead atoms. The number of alkyl carbamates (subject to hydrolysis) is 1. The first-order chi connectivity index (χ1) is 14.2. The molecule has 166 valence electrons. The number of ether oxygens (including phenoxy) is 2. The molecule has 0 aromatic heterocycles. The molecule has 0 aromatic carbocycles. The van der Waals surface area contributed by atoms with Crippen molar-refractivity contribution in [2.24, 2.45) is 4.99 Å². The van der Waals surface area contributed by atoms with Gasteiger partial charge >= 0.3 is 6.09 Å². The third kappa shape index (κ3) is 5.60. The summed E-state index contributed by atoms with van der Waals surface area (Å²) in [7, 11) is 1.61. The summed E-state index contributed by atoms with van der Waals surface area (Å²) >= 11 is 0. The molecular weight excluding hydrogens is 388 g/mol. The monoisotopic (exact) mass is 420 g/mol. The summed E-state index contributed by atoms with van der Waals surface area (Å²) in [5, 5.41) is 13.2. The highest BCUT2D eigenvalue weighted by Gasteiger charge is 2.34. The van der Waals surface area contributed by atoms with Crippen molar-refractivity contribution < 1.29 is 24.2 Å². The molecule has 0 aromatic rings. The van der Waals surface area contributed by atoms with E-state index < -0.39 is 17.8 Å². The minimum atomic E-state index is -0.696. The van der Waals surface area contributed by atoms with Crippen molar-refractivity contribution in [2.45, 2.75) is 57.4 Å². The molecule has 0 aliphatic carbocycles. The molecule has 0 saturated carbocycles. The summed E-state index contributed by atoms with van der Waals surface area (Å²) in [5.41, 5.74) is 0.278. The number of aliphatic imine (C=N–C) groups is 1. The molecule has 3 atom stereocenters. The highest BCUT2D eigenvalue weighted by atomic mass is 16.6. The maximum absolute atomic E-state index is 12.5. The Morgan fingerprint density at radius 1 is 1.33 bits per heavy atom. The number of carbonyl (C=O) groups excluding carboxylic acids is 2. The van der Waals surface area contributed by atoms with E-state index in [4.69, 9.17) is 9.47 Å². The number of nitrogens with one attached hydrogen (secondary N) is 1. The van der Waals surface area contributed by atoms with Gasteiger partial charge in [0.15, 0.2) is 0 Å². The minimum Gasteiger partial charge on any atom is -0.499 e. The van der Waals surface area contributed by atoms with Crippen molar-refractivity contribution in [3.63, 3.8) is 0 Å². The Morgan fingerprint density at radius 3 is 2.77 bits per heavy atom. The number of nitrogens with zero attached hydrogens (tertiary/aromatic N) is 3. The summed E-state index contributed by atoms with van der Waals surface area (Å²) in [6.45, 7) is 7.70. The van der Waals surface area contributed by atoms with Crippen molar-refractivity contribution >= 4 is 17.7 Å². The first-order valence-corrected chi connectivity index (χ1v) is 10.4. The Bertz CT molecular complexity index is 755. The topological polar surface area (TPSA) is 104 Å². The highest BCUT2D eigenvalue weighted by Crippen LogP contribution is 2.23. The van der Waals surface area contributed by atoms with Crippen molar-refractivity contribution in [3.8, 4) is 0 Å². The van der Waals surface area contributed by atoms with Gasteiger partial charge in [-0.25, -0.2) is 4.79 Å². The molecule has 1 saturated heterocycles. The standard InChI is InChI=1S/C21H32N4O5/c1-21(2,3)30-20(28)23-16-7-8-24(13-18(16)26)9-10-25-17-11-14(29-4)12-22-15(17)5-6-19(25)27/h5-6,12,16-18,26H,7-11,13H2,1-4H3,(H,23,28)/t16-,17?,18+/m1/s1. The van der Waals surface area contributed by atoms with E-state index in [1.807, 2.05) is 4.90 Å². The smallest absolute Gasteiger partial charge is 0.407 e. The maximum atomic E-state index is 12.5. The molecule has 0 radical (unpaired) electrons. The lowest BCUT2D eigenvalue weighted by Crippen LogP contribution is -2.56. The van der Waals surface area contributed by atoms with E-state index in [1.165, 1.54) is 0 Å². The molecule has 1 unspecified atom stereocenters. The molecule has 3 heterocycles. The number of piperidine rings is 1. The first-order valence-electron chi connectivity index (χ1n) is 10.4. The van der Waals surface area contributed by atoms with Gasteiger partial charge in [0.05, 0.1) is 37.2 Å². The highest BCUT2D eigenvalue weighted by molar-refractivity contribution is 6.09. The molecule has 2 N–H and O–H groups in total. The van der Waals surface area contributed by atoms with Gasteiger partial charge in [-0.05, 0) is 33.3 Å². The lowest BCUT2D eigenvalue weighted by molar-refractivity contribution is -0.127. The van der Waals surface area contributed by atoms with Gasteiger partial charge in [0.25, 0.3) is 0 Å². The van der Waals surface area contributed by atoms with Crippen LogP contribution in [0.25, 0.3) is 0 Å². The summed E-state index contributed by atoms with van der Waals surface area (Å²) < 4.78 is 10.6. The van der Waals surface area contributed by atoms with E-state index in [2.05, 4.69) is 15.2 Å². The number of β-amino-alcohol motifs (C(OH)–C–C–N with tert-alkyl or cyclic N) is 1. The molecule has 9 nitrogen and oxygen atoms in total. The first kappa shape index (κ1) is 22.3. The van der Waals surface area contributed by atoms with E-state index >= 15 is 0 Å². The van der Waals surface area contributed by atoms with Crippen LogP contribution < -0.4 is 5.32 Å². The van der Waals surface area contributed by atoms with Crippen LogP contribution in [0.2, 0.25) is 0 Å². The Labute approximate surface area is 177 Å². The van der Waals surface area contributed by atoms with E-state index in [0.29, 0.717) is 39.0 Å². The van der Waals surface area contributed by atoms with Gasteiger partial charge in [0.1, 0.15) is 11.4 Å². The third-order valence-electron chi connectivity index (χ3n) is 5.44. The van der Waals surface area contributed by atoms with Gasteiger partial charge in [-0.15, -0.1) is 0 Å². The van der Waals surface area contributed by atoms with Crippen LogP contribution in [0.15, 0.2) is 29.1 Å². The van der Waals surface area contributed by atoms with E-state index in [1.54, 1.807) is 46.2 Å². The van der Waals surface area contributed by atoms with Crippen molar-refractivity contribution in [2.75, 3.05) is 33.3 Å².